The summed E-state index contributed by atoms with van der Waals surface area (Å²) in [5, 5.41) is 0. The van der Waals surface area contributed by atoms with E-state index in [4.69, 9.17) is 47.4 Å². The Morgan fingerprint density at radius 1 is 0.543 bits per heavy atom. The fourth-order valence-electron chi connectivity index (χ4n) is 3.61. The Morgan fingerprint density at radius 3 is 1.04 bits per heavy atom. The normalized spacial score (nSPS) is 19.7. The first-order chi connectivity index (χ1) is 21.6. The van der Waals surface area contributed by atoms with E-state index in [-0.39, 0.29) is 35.5 Å². The van der Waals surface area contributed by atoms with Gasteiger partial charge in [-0.3, -0.25) is 0 Å². The summed E-state index contributed by atoms with van der Waals surface area (Å²) in [6.07, 6.45) is -8.59. The number of esters is 4. The Balaban J connectivity index is 1.94. The zero-order valence-corrected chi connectivity index (χ0v) is 26.1. The van der Waals surface area contributed by atoms with Crippen LogP contribution < -0.4 is 0 Å². The molecular weight excluding hydrogens is 616 g/mol. The van der Waals surface area contributed by atoms with Gasteiger partial charge in [-0.1, -0.05) is 26.3 Å². The summed E-state index contributed by atoms with van der Waals surface area (Å²) in [7, 11) is 0. The van der Waals surface area contributed by atoms with Crippen LogP contribution in [0.5, 0.6) is 0 Å². The van der Waals surface area contributed by atoms with E-state index in [0.29, 0.717) is 0 Å². The molecule has 0 aliphatic carbocycles. The van der Waals surface area contributed by atoms with Crippen LogP contribution in [0.2, 0.25) is 0 Å². The van der Waals surface area contributed by atoms with E-state index >= 15 is 0 Å². The molecule has 0 bridgehead atoms. The minimum Gasteiger partial charge on any atom is -0.458 e. The van der Waals surface area contributed by atoms with E-state index in [1.54, 1.807) is 0 Å². The molecule has 2 heterocycles. The summed E-state index contributed by atoms with van der Waals surface area (Å²) < 4.78 is 52.3. The van der Waals surface area contributed by atoms with Crippen molar-refractivity contribution in [2.75, 3.05) is 39.6 Å². The number of rotatable bonds is 16. The van der Waals surface area contributed by atoms with Gasteiger partial charge in [0.05, 0.1) is 13.2 Å². The number of carbonyl (C=O) groups excluding carboxylic acids is 6. The molecule has 0 aromatic rings. The summed E-state index contributed by atoms with van der Waals surface area (Å²) >= 11 is 0. The van der Waals surface area contributed by atoms with Gasteiger partial charge in [0.2, 0.25) is 0 Å². The molecule has 2 aliphatic rings. The van der Waals surface area contributed by atoms with E-state index in [0.717, 1.165) is 0 Å². The second-order valence-corrected chi connectivity index (χ2v) is 10.4. The van der Waals surface area contributed by atoms with Crippen LogP contribution in [0.3, 0.4) is 0 Å². The highest BCUT2D eigenvalue weighted by Gasteiger charge is 2.52. The van der Waals surface area contributed by atoms with Gasteiger partial charge in [-0.15, -0.1) is 0 Å². The topological polar surface area (TPSA) is 195 Å². The molecule has 4 atom stereocenters. The van der Waals surface area contributed by atoms with Crippen LogP contribution in [-0.4, -0.2) is 112 Å². The van der Waals surface area contributed by atoms with E-state index in [2.05, 4.69) is 26.3 Å². The van der Waals surface area contributed by atoms with Crippen molar-refractivity contribution in [3.63, 3.8) is 0 Å². The highest BCUT2D eigenvalue weighted by Crippen LogP contribution is 2.31. The summed E-state index contributed by atoms with van der Waals surface area (Å²) in [6.45, 7) is 17.3. The van der Waals surface area contributed by atoms with E-state index < -0.39 is 99.2 Å². The molecule has 0 radical (unpaired) electrons. The zero-order valence-electron chi connectivity index (χ0n) is 26.1. The quantitative estimate of drug-likeness (QED) is 0.133. The summed E-state index contributed by atoms with van der Waals surface area (Å²) in [5.41, 5.74) is 0.394. The second-order valence-electron chi connectivity index (χ2n) is 10.4. The van der Waals surface area contributed by atoms with Gasteiger partial charge in [0.1, 0.15) is 38.6 Å². The monoisotopic (exact) mass is 654 g/mol. The lowest BCUT2D eigenvalue weighted by Gasteiger charge is -2.21. The molecule has 2 rings (SSSR count). The van der Waals surface area contributed by atoms with Gasteiger partial charge in [-0.25, -0.2) is 28.8 Å². The average Bonchev–Trinajstić information content (AvgIpc) is 3.57. The van der Waals surface area contributed by atoms with Crippen molar-refractivity contribution in [2.45, 2.75) is 64.3 Å². The van der Waals surface area contributed by atoms with Crippen LogP contribution in [0.4, 0.5) is 9.59 Å². The maximum atomic E-state index is 12.6. The third kappa shape index (κ3) is 12.0. The largest absolute Gasteiger partial charge is 0.509 e. The van der Waals surface area contributed by atoms with Crippen LogP contribution in [-0.2, 0) is 66.5 Å². The molecule has 16 heteroatoms. The fraction of sp³-hybridized carbons (Fsp3) is 0.533. The van der Waals surface area contributed by atoms with Crippen molar-refractivity contribution >= 4 is 36.2 Å². The van der Waals surface area contributed by atoms with Crippen molar-refractivity contribution in [1.29, 1.82) is 0 Å². The summed E-state index contributed by atoms with van der Waals surface area (Å²) in [5.74, 6) is -3.01. The van der Waals surface area contributed by atoms with Crippen molar-refractivity contribution in [2.24, 2.45) is 0 Å². The third-order valence-corrected chi connectivity index (χ3v) is 5.98. The number of hydrogen-bond acceptors (Lipinski definition) is 16. The Kier molecular flexibility index (Phi) is 14.4. The summed E-state index contributed by atoms with van der Waals surface area (Å²) in [6, 6.07) is 0. The van der Waals surface area contributed by atoms with Gasteiger partial charge in [0, 0.05) is 22.3 Å². The van der Waals surface area contributed by atoms with E-state index in [1.807, 2.05) is 0 Å². The molecule has 0 aromatic heterocycles. The predicted molar refractivity (Wildman–Crippen MR) is 153 cm³/mol. The highest BCUT2D eigenvalue weighted by molar-refractivity contribution is 5.88. The number of carbonyl (C=O) groups is 6. The first-order valence-electron chi connectivity index (χ1n) is 13.9. The van der Waals surface area contributed by atoms with Gasteiger partial charge >= 0.3 is 36.2 Å². The number of hydrogen-bond donors (Lipinski definition) is 0. The van der Waals surface area contributed by atoms with Crippen LogP contribution in [0.15, 0.2) is 48.6 Å². The standard InChI is InChI=1S/C30H38O16/c1-15(2)25(31)39-9-19(10-40-26(32)16(3)4)43-29(35)45-21-13-37-24-22(14-38-23(21)24)46-30(36)44-20(11-41-27(33)17(5)6)12-42-28(34)18(7)8/h19-24H,1,3,5,7,9-14H2,2,4,6,8H3/t21-,22+,23-,24-/m1/s1. The lowest BCUT2D eigenvalue weighted by molar-refractivity contribution is -0.150. The molecule has 16 nitrogen and oxygen atoms in total. The smallest absolute Gasteiger partial charge is 0.458 e. The number of ether oxygens (including phenoxy) is 10. The molecule has 0 saturated carbocycles. The second kappa shape index (κ2) is 17.7. The Morgan fingerprint density at radius 2 is 0.804 bits per heavy atom. The van der Waals surface area contributed by atoms with Gasteiger partial charge in [-0.05, 0) is 27.7 Å². The SMILES string of the molecule is C=C(C)C(=O)OCC(COC(=O)C(=C)C)OC(=O)O[C@H]1CO[C@H]2[C@@H]1OC[C@H]2OC(=O)OC(COC(=O)C(=C)C)COC(=O)C(=C)C. The average molecular weight is 655 g/mol. The van der Waals surface area contributed by atoms with Crippen LogP contribution in [0.1, 0.15) is 27.7 Å². The van der Waals surface area contributed by atoms with Gasteiger partial charge in [0.15, 0.2) is 24.4 Å². The summed E-state index contributed by atoms with van der Waals surface area (Å²) in [4.78, 5) is 72.3. The molecule has 254 valence electrons. The molecule has 2 saturated heterocycles. The minimum absolute atomic E-state index is 0.0985. The molecule has 0 amide bonds. The lowest BCUT2D eigenvalue weighted by Crippen LogP contribution is -2.38. The zero-order chi connectivity index (χ0) is 34.6. The first-order valence-corrected chi connectivity index (χ1v) is 13.9. The molecule has 0 aromatic carbocycles. The van der Waals surface area contributed by atoms with Crippen molar-refractivity contribution < 1.29 is 76.1 Å². The Hall–Kier alpha value is -4.70. The van der Waals surface area contributed by atoms with Crippen molar-refractivity contribution in [3.8, 4) is 0 Å². The van der Waals surface area contributed by atoms with Gasteiger partial charge in [-0.2, -0.15) is 0 Å². The maximum absolute atomic E-state index is 12.6. The van der Waals surface area contributed by atoms with Gasteiger partial charge < -0.3 is 47.4 Å². The minimum atomic E-state index is -1.23. The lowest BCUT2D eigenvalue weighted by atomic mass is 10.1. The van der Waals surface area contributed by atoms with Crippen LogP contribution >= 0.6 is 0 Å². The molecule has 0 N–H and O–H groups in total. The van der Waals surface area contributed by atoms with Crippen LogP contribution in [0, 0.1) is 0 Å². The molecule has 46 heavy (non-hydrogen) atoms. The molecule has 0 spiro atoms. The predicted octanol–water partition coefficient (Wildman–Crippen LogP) is 2.04. The fourth-order valence-corrected chi connectivity index (χ4v) is 3.61. The Labute approximate surface area is 265 Å². The highest BCUT2D eigenvalue weighted by atomic mass is 16.8. The van der Waals surface area contributed by atoms with Gasteiger partial charge in [0.25, 0.3) is 0 Å². The molecule has 2 fully saturated rings. The maximum Gasteiger partial charge on any atom is 0.509 e. The van der Waals surface area contributed by atoms with E-state index in [1.165, 1.54) is 27.7 Å². The molecule has 0 unspecified atom stereocenters. The first kappa shape index (κ1) is 37.5. The Bertz CT molecular complexity index is 1080. The van der Waals surface area contributed by atoms with Crippen LogP contribution in [0.25, 0.3) is 0 Å². The molecule has 2 aliphatic heterocycles. The third-order valence-electron chi connectivity index (χ3n) is 5.98. The number of fused-ring (bicyclic) bond motifs is 1. The van der Waals surface area contributed by atoms with Crippen molar-refractivity contribution in [1.82, 2.24) is 0 Å². The van der Waals surface area contributed by atoms with Crippen molar-refractivity contribution in [3.05, 3.63) is 48.6 Å². The van der Waals surface area contributed by atoms with E-state index in [9.17, 15) is 28.8 Å². The molecular formula is C30H38O16.